The van der Waals surface area contributed by atoms with Crippen molar-refractivity contribution < 1.29 is 4.39 Å². The number of nitrogens with two attached hydrogens (primary N) is 1. The largest absolute Gasteiger partial charge is 0.380 e. The molecule has 1 fully saturated rings. The van der Waals surface area contributed by atoms with Crippen LogP contribution in [0.25, 0.3) is 0 Å². The summed E-state index contributed by atoms with van der Waals surface area (Å²) in [6.45, 7) is 0.537. The smallest absolute Gasteiger partial charge is 0.126 e. The zero-order chi connectivity index (χ0) is 13.2. The Bertz CT molecular complexity index is 398. The zero-order valence-corrected chi connectivity index (χ0v) is 12.0. The average Bonchev–Trinajstić information content (AvgIpc) is 2.25. The van der Waals surface area contributed by atoms with Gasteiger partial charge < -0.3 is 11.1 Å². The SMILES string of the molecule is CSC1(C(CN)Nc2cc(F)cc(Cl)c2)CCC1. The van der Waals surface area contributed by atoms with Gasteiger partial charge in [-0.15, -0.1) is 0 Å². The third-order valence-electron chi connectivity index (χ3n) is 3.68. The summed E-state index contributed by atoms with van der Waals surface area (Å²) in [6, 6.07) is 4.65. The lowest BCUT2D eigenvalue weighted by Crippen LogP contribution is -2.53. The number of halogens is 2. The van der Waals surface area contributed by atoms with E-state index in [0.29, 0.717) is 17.3 Å². The highest BCUT2D eigenvalue weighted by atomic mass is 35.5. The van der Waals surface area contributed by atoms with Crippen LogP contribution in [0.1, 0.15) is 19.3 Å². The van der Waals surface area contributed by atoms with Gasteiger partial charge in [0, 0.05) is 22.0 Å². The van der Waals surface area contributed by atoms with Crippen LogP contribution in [-0.2, 0) is 0 Å². The fraction of sp³-hybridized carbons (Fsp3) is 0.538. The van der Waals surface area contributed by atoms with Crippen molar-refractivity contribution in [3.05, 3.63) is 29.0 Å². The molecule has 1 aromatic carbocycles. The second kappa shape index (κ2) is 5.68. The molecule has 1 atom stereocenters. The first-order valence-electron chi connectivity index (χ1n) is 6.07. The third kappa shape index (κ3) is 2.76. The number of hydrogen-bond acceptors (Lipinski definition) is 3. The molecule has 0 radical (unpaired) electrons. The number of thioether (sulfide) groups is 1. The summed E-state index contributed by atoms with van der Waals surface area (Å²) >= 11 is 7.71. The molecule has 1 saturated carbocycles. The van der Waals surface area contributed by atoms with Crippen LogP contribution < -0.4 is 11.1 Å². The Morgan fingerprint density at radius 1 is 1.50 bits per heavy atom. The first-order valence-corrected chi connectivity index (χ1v) is 7.68. The van der Waals surface area contributed by atoms with E-state index in [-0.39, 0.29) is 16.6 Å². The highest BCUT2D eigenvalue weighted by Crippen LogP contribution is 2.46. The molecule has 0 spiro atoms. The Kier molecular flexibility index (Phi) is 4.41. The number of hydrogen-bond donors (Lipinski definition) is 2. The van der Waals surface area contributed by atoms with Gasteiger partial charge in [-0.2, -0.15) is 11.8 Å². The average molecular weight is 289 g/mol. The van der Waals surface area contributed by atoms with E-state index in [2.05, 4.69) is 11.6 Å². The van der Waals surface area contributed by atoms with E-state index < -0.39 is 0 Å². The van der Waals surface area contributed by atoms with Crippen molar-refractivity contribution in [3.63, 3.8) is 0 Å². The van der Waals surface area contributed by atoms with E-state index in [4.69, 9.17) is 17.3 Å². The second-order valence-corrected chi connectivity index (χ2v) is 6.37. The Morgan fingerprint density at radius 2 is 2.22 bits per heavy atom. The molecule has 0 amide bonds. The summed E-state index contributed by atoms with van der Waals surface area (Å²) in [5, 5.41) is 3.74. The maximum atomic E-state index is 13.3. The van der Waals surface area contributed by atoms with E-state index in [0.717, 1.165) is 12.8 Å². The van der Waals surface area contributed by atoms with E-state index >= 15 is 0 Å². The zero-order valence-electron chi connectivity index (χ0n) is 10.4. The molecule has 5 heteroatoms. The van der Waals surface area contributed by atoms with Crippen LogP contribution in [0, 0.1) is 5.82 Å². The Balaban J connectivity index is 2.15. The van der Waals surface area contributed by atoms with Gasteiger partial charge in [0.15, 0.2) is 0 Å². The number of benzene rings is 1. The monoisotopic (exact) mass is 288 g/mol. The lowest BCUT2D eigenvalue weighted by Gasteiger charge is -2.46. The molecule has 0 heterocycles. The molecule has 3 N–H and O–H groups in total. The minimum Gasteiger partial charge on any atom is -0.380 e. The summed E-state index contributed by atoms with van der Waals surface area (Å²) in [7, 11) is 0. The summed E-state index contributed by atoms with van der Waals surface area (Å²) in [4.78, 5) is 0. The van der Waals surface area contributed by atoms with E-state index in [1.165, 1.54) is 18.6 Å². The molecule has 2 nitrogen and oxygen atoms in total. The highest BCUT2D eigenvalue weighted by Gasteiger charge is 2.42. The molecule has 1 unspecified atom stereocenters. The molecule has 0 aliphatic heterocycles. The molecule has 18 heavy (non-hydrogen) atoms. The van der Waals surface area contributed by atoms with Gasteiger partial charge in [0.05, 0.1) is 6.04 Å². The van der Waals surface area contributed by atoms with Gasteiger partial charge in [0.1, 0.15) is 5.82 Å². The molecule has 2 rings (SSSR count). The first-order chi connectivity index (χ1) is 8.59. The van der Waals surface area contributed by atoms with Crippen molar-refractivity contribution in [2.75, 3.05) is 18.1 Å². The minimum atomic E-state index is -0.326. The molecule has 100 valence electrons. The lowest BCUT2D eigenvalue weighted by atomic mass is 9.78. The molecule has 0 saturated heterocycles. The molecule has 1 aliphatic rings. The van der Waals surface area contributed by atoms with Crippen LogP contribution in [0.15, 0.2) is 18.2 Å². The fourth-order valence-corrected chi connectivity index (χ4v) is 3.82. The molecule has 0 bridgehead atoms. The van der Waals surface area contributed by atoms with Gasteiger partial charge in [-0.1, -0.05) is 18.0 Å². The van der Waals surface area contributed by atoms with Crippen molar-refractivity contribution in [3.8, 4) is 0 Å². The van der Waals surface area contributed by atoms with Gasteiger partial charge in [-0.3, -0.25) is 0 Å². The van der Waals surface area contributed by atoms with Crippen molar-refractivity contribution in [1.29, 1.82) is 0 Å². The van der Waals surface area contributed by atoms with Gasteiger partial charge in [-0.05, 0) is 37.3 Å². The highest BCUT2D eigenvalue weighted by molar-refractivity contribution is 8.00. The summed E-state index contributed by atoms with van der Waals surface area (Å²) in [5.41, 5.74) is 6.57. The quantitative estimate of drug-likeness (QED) is 0.871. The number of nitrogens with one attached hydrogen (secondary N) is 1. The van der Waals surface area contributed by atoms with Gasteiger partial charge in [0.2, 0.25) is 0 Å². The van der Waals surface area contributed by atoms with Crippen LogP contribution in [0.3, 0.4) is 0 Å². The second-order valence-electron chi connectivity index (χ2n) is 4.71. The van der Waals surface area contributed by atoms with Gasteiger partial charge >= 0.3 is 0 Å². The predicted molar refractivity (Wildman–Crippen MR) is 78.0 cm³/mol. The van der Waals surface area contributed by atoms with Crippen LogP contribution in [0.5, 0.6) is 0 Å². The summed E-state index contributed by atoms with van der Waals surface area (Å²) < 4.78 is 13.5. The minimum absolute atomic E-state index is 0.152. The topological polar surface area (TPSA) is 38.0 Å². The summed E-state index contributed by atoms with van der Waals surface area (Å²) in [6.07, 6.45) is 5.67. The molecular weight excluding hydrogens is 271 g/mol. The Labute approximate surface area is 116 Å². The molecule has 1 aliphatic carbocycles. The first kappa shape index (κ1) is 14.0. The summed E-state index contributed by atoms with van der Waals surface area (Å²) in [5.74, 6) is -0.326. The van der Waals surface area contributed by atoms with Crippen LogP contribution in [0.2, 0.25) is 5.02 Å². The Hall–Kier alpha value is -0.450. The van der Waals surface area contributed by atoms with Crippen LogP contribution in [0.4, 0.5) is 10.1 Å². The van der Waals surface area contributed by atoms with Crippen molar-refractivity contribution in [1.82, 2.24) is 0 Å². The molecule has 0 aromatic heterocycles. The van der Waals surface area contributed by atoms with Crippen molar-refractivity contribution >= 4 is 29.1 Å². The molecular formula is C13H18ClFN2S. The van der Waals surface area contributed by atoms with Crippen molar-refractivity contribution in [2.24, 2.45) is 5.73 Å². The third-order valence-corrected chi connectivity index (χ3v) is 5.40. The normalized spacial score (nSPS) is 19.1. The van der Waals surface area contributed by atoms with Gasteiger partial charge in [0.25, 0.3) is 0 Å². The lowest BCUT2D eigenvalue weighted by molar-refractivity contribution is 0.323. The maximum Gasteiger partial charge on any atom is 0.126 e. The van der Waals surface area contributed by atoms with Crippen molar-refractivity contribution in [2.45, 2.75) is 30.1 Å². The van der Waals surface area contributed by atoms with E-state index in [9.17, 15) is 4.39 Å². The van der Waals surface area contributed by atoms with E-state index in [1.807, 2.05) is 11.8 Å². The number of anilines is 1. The maximum absolute atomic E-state index is 13.3. The van der Waals surface area contributed by atoms with Crippen LogP contribution >= 0.6 is 23.4 Å². The van der Waals surface area contributed by atoms with Gasteiger partial charge in [-0.25, -0.2) is 4.39 Å². The fourth-order valence-electron chi connectivity index (χ4n) is 2.46. The van der Waals surface area contributed by atoms with E-state index in [1.54, 1.807) is 6.07 Å². The molecule has 1 aromatic rings. The number of rotatable bonds is 5. The predicted octanol–water partition coefficient (Wildman–Crippen LogP) is 3.50. The van der Waals surface area contributed by atoms with Crippen LogP contribution in [-0.4, -0.2) is 23.6 Å². The Morgan fingerprint density at radius 3 is 2.67 bits per heavy atom. The standard InChI is InChI=1S/C13H18ClFN2S/c1-18-13(3-2-4-13)12(8-16)17-11-6-9(14)5-10(15)7-11/h5-7,12,17H,2-4,8,16H2,1H3.